The number of amides is 2. The Hall–Kier alpha value is -1.58. The van der Waals surface area contributed by atoms with Gasteiger partial charge in [-0.25, -0.2) is 9.78 Å². The zero-order chi connectivity index (χ0) is 13.0. The van der Waals surface area contributed by atoms with E-state index in [9.17, 15) is 4.79 Å². The lowest BCUT2D eigenvalue weighted by molar-refractivity contribution is 0.252. The van der Waals surface area contributed by atoms with Crippen molar-refractivity contribution < 1.29 is 4.79 Å². The monoisotopic (exact) mass is 235 g/mol. The standard InChI is InChI=1S/C13H21N3O/c1-6-7-14-13(17)16-12-10(4)8(2)9(3)11(5)15-12/h6-7H2,1-5H3,(H2,14,15,16,17). The molecule has 1 aromatic rings. The van der Waals surface area contributed by atoms with Crippen molar-refractivity contribution in [1.29, 1.82) is 0 Å². The van der Waals surface area contributed by atoms with Crippen molar-refractivity contribution >= 4 is 11.8 Å². The number of carbonyl (C=O) groups is 1. The van der Waals surface area contributed by atoms with Gasteiger partial charge in [0.25, 0.3) is 0 Å². The fraction of sp³-hybridized carbons (Fsp3) is 0.538. The maximum Gasteiger partial charge on any atom is 0.320 e. The van der Waals surface area contributed by atoms with Crippen molar-refractivity contribution in [3.05, 3.63) is 22.4 Å². The topological polar surface area (TPSA) is 54.0 Å². The van der Waals surface area contributed by atoms with Gasteiger partial charge in [0.05, 0.1) is 0 Å². The normalized spacial score (nSPS) is 10.2. The first kappa shape index (κ1) is 13.5. The van der Waals surface area contributed by atoms with Crippen LogP contribution in [0, 0.1) is 27.7 Å². The molecule has 94 valence electrons. The highest BCUT2D eigenvalue weighted by atomic mass is 16.2. The Morgan fingerprint density at radius 2 is 1.76 bits per heavy atom. The molecule has 0 saturated heterocycles. The summed E-state index contributed by atoms with van der Waals surface area (Å²) in [7, 11) is 0. The molecule has 0 atom stereocenters. The van der Waals surface area contributed by atoms with Gasteiger partial charge >= 0.3 is 6.03 Å². The van der Waals surface area contributed by atoms with Gasteiger partial charge in [0.1, 0.15) is 5.82 Å². The molecule has 0 bridgehead atoms. The van der Waals surface area contributed by atoms with Gasteiger partial charge in [-0.2, -0.15) is 0 Å². The molecule has 2 amide bonds. The Morgan fingerprint density at radius 1 is 1.12 bits per heavy atom. The molecule has 0 spiro atoms. The second kappa shape index (κ2) is 5.66. The van der Waals surface area contributed by atoms with Gasteiger partial charge in [-0.15, -0.1) is 0 Å². The number of nitrogens with zero attached hydrogens (tertiary/aromatic N) is 1. The molecule has 1 rings (SSSR count). The fourth-order valence-corrected chi connectivity index (χ4v) is 1.58. The quantitative estimate of drug-likeness (QED) is 0.846. The van der Waals surface area contributed by atoms with Crippen molar-refractivity contribution in [2.75, 3.05) is 11.9 Å². The number of pyridine rings is 1. The van der Waals surface area contributed by atoms with Crippen molar-refractivity contribution in [2.45, 2.75) is 41.0 Å². The van der Waals surface area contributed by atoms with Crippen LogP contribution in [0.25, 0.3) is 0 Å². The number of aryl methyl sites for hydroxylation is 1. The molecule has 0 radical (unpaired) electrons. The van der Waals surface area contributed by atoms with Crippen LogP contribution < -0.4 is 10.6 Å². The molecule has 0 saturated carbocycles. The van der Waals surface area contributed by atoms with Crippen LogP contribution in [0.3, 0.4) is 0 Å². The summed E-state index contributed by atoms with van der Waals surface area (Å²) >= 11 is 0. The van der Waals surface area contributed by atoms with E-state index >= 15 is 0 Å². The molecule has 17 heavy (non-hydrogen) atoms. The van der Waals surface area contributed by atoms with Gasteiger partial charge in [0.15, 0.2) is 0 Å². The first-order valence-electron chi connectivity index (χ1n) is 5.96. The van der Waals surface area contributed by atoms with Gasteiger partial charge in [0, 0.05) is 12.2 Å². The van der Waals surface area contributed by atoms with Crippen molar-refractivity contribution in [3.63, 3.8) is 0 Å². The molecule has 0 aliphatic heterocycles. The zero-order valence-corrected chi connectivity index (χ0v) is 11.3. The molecule has 0 aromatic carbocycles. The predicted octanol–water partition coefficient (Wildman–Crippen LogP) is 2.85. The van der Waals surface area contributed by atoms with Crippen molar-refractivity contribution in [3.8, 4) is 0 Å². The Bertz CT molecular complexity index is 427. The molecule has 0 aliphatic carbocycles. The number of aromatic nitrogens is 1. The Morgan fingerprint density at radius 3 is 2.35 bits per heavy atom. The Labute approximate surface area is 103 Å². The minimum Gasteiger partial charge on any atom is -0.338 e. The number of rotatable bonds is 3. The summed E-state index contributed by atoms with van der Waals surface area (Å²) in [5.74, 6) is 0.652. The molecule has 0 unspecified atom stereocenters. The Kier molecular flexibility index (Phi) is 4.49. The summed E-state index contributed by atoms with van der Waals surface area (Å²) in [6.07, 6.45) is 0.922. The number of nitrogens with one attached hydrogen (secondary N) is 2. The minimum atomic E-state index is -0.190. The maximum absolute atomic E-state index is 11.6. The van der Waals surface area contributed by atoms with Crippen LogP contribution in [-0.2, 0) is 0 Å². The second-order valence-corrected chi connectivity index (χ2v) is 4.30. The van der Waals surface area contributed by atoms with Gasteiger partial charge in [-0.3, -0.25) is 5.32 Å². The fourth-order valence-electron chi connectivity index (χ4n) is 1.58. The van der Waals surface area contributed by atoms with Crippen LogP contribution in [0.15, 0.2) is 0 Å². The van der Waals surface area contributed by atoms with Gasteiger partial charge in [-0.1, -0.05) is 6.92 Å². The van der Waals surface area contributed by atoms with Crippen molar-refractivity contribution in [1.82, 2.24) is 10.3 Å². The van der Waals surface area contributed by atoms with E-state index in [1.807, 2.05) is 27.7 Å². The van der Waals surface area contributed by atoms with Crippen LogP contribution >= 0.6 is 0 Å². The van der Waals surface area contributed by atoms with Crippen LogP contribution in [-0.4, -0.2) is 17.6 Å². The molecule has 4 nitrogen and oxygen atoms in total. The highest BCUT2D eigenvalue weighted by Gasteiger charge is 2.10. The van der Waals surface area contributed by atoms with Crippen LogP contribution in [0.1, 0.15) is 35.7 Å². The molecule has 4 heteroatoms. The number of anilines is 1. The van der Waals surface area contributed by atoms with E-state index in [1.165, 1.54) is 11.1 Å². The number of hydrogen-bond donors (Lipinski definition) is 2. The maximum atomic E-state index is 11.6. The largest absolute Gasteiger partial charge is 0.338 e. The van der Waals surface area contributed by atoms with Crippen molar-refractivity contribution in [2.24, 2.45) is 0 Å². The number of carbonyl (C=O) groups excluding carboxylic acids is 1. The minimum absolute atomic E-state index is 0.190. The van der Waals surface area contributed by atoms with Gasteiger partial charge < -0.3 is 5.32 Å². The van der Waals surface area contributed by atoms with E-state index in [-0.39, 0.29) is 6.03 Å². The molecule has 1 heterocycles. The molecular formula is C13H21N3O. The zero-order valence-electron chi connectivity index (χ0n) is 11.3. The number of hydrogen-bond acceptors (Lipinski definition) is 2. The summed E-state index contributed by atoms with van der Waals surface area (Å²) in [4.78, 5) is 16.0. The first-order chi connectivity index (χ1) is 7.97. The van der Waals surface area contributed by atoms with Crippen LogP contribution in [0.5, 0.6) is 0 Å². The molecule has 1 aromatic heterocycles. The van der Waals surface area contributed by atoms with Crippen LogP contribution in [0.4, 0.5) is 10.6 Å². The lowest BCUT2D eigenvalue weighted by Crippen LogP contribution is -2.30. The summed E-state index contributed by atoms with van der Waals surface area (Å²) in [5, 5.41) is 5.56. The van der Waals surface area contributed by atoms with Gasteiger partial charge in [-0.05, 0) is 50.8 Å². The third-order valence-electron chi connectivity index (χ3n) is 3.07. The average molecular weight is 235 g/mol. The number of urea groups is 1. The van der Waals surface area contributed by atoms with E-state index < -0.39 is 0 Å². The predicted molar refractivity (Wildman–Crippen MR) is 70.5 cm³/mol. The van der Waals surface area contributed by atoms with E-state index in [0.29, 0.717) is 12.4 Å². The molecule has 0 aliphatic rings. The van der Waals surface area contributed by atoms with E-state index in [2.05, 4.69) is 22.5 Å². The van der Waals surface area contributed by atoms with E-state index in [4.69, 9.17) is 0 Å². The van der Waals surface area contributed by atoms with E-state index in [1.54, 1.807) is 0 Å². The summed E-state index contributed by atoms with van der Waals surface area (Å²) in [6.45, 7) is 10.7. The third kappa shape index (κ3) is 3.19. The molecule has 2 N–H and O–H groups in total. The van der Waals surface area contributed by atoms with E-state index in [0.717, 1.165) is 17.7 Å². The summed E-state index contributed by atoms with van der Waals surface area (Å²) < 4.78 is 0. The third-order valence-corrected chi connectivity index (χ3v) is 3.07. The highest BCUT2D eigenvalue weighted by Crippen LogP contribution is 2.21. The summed E-state index contributed by atoms with van der Waals surface area (Å²) in [6, 6.07) is -0.190. The SMILES string of the molecule is CCCNC(=O)Nc1nc(C)c(C)c(C)c1C. The highest BCUT2D eigenvalue weighted by molar-refractivity contribution is 5.89. The lowest BCUT2D eigenvalue weighted by Gasteiger charge is -2.14. The van der Waals surface area contributed by atoms with Crippen LogP contribution in [0.2, 0.25) is 0 Å². The lowest BCUT2D eigenvalue weighted by atomic mass is 10.0. The smallest absolute Gasteiger partial charge is 0.320 e. The second-order valence-electron chi connectivity index (χ2n) is 4.30. The summed E-state index contributed by atoms with van der Waals surface area (Å²) in [5.41, 5.74) is 4.35. The average Bonchev–Trinajstić information content (AvgIpc) is 2.30. The van der Waals surface area contributed by atoms with Gasteiger partial charge in [0.2, 0.25) is 0 Å². The molecule has 0 fully saturated rings. The first-order valence-corrected chi connectivity index (χ1v) is 5.96. The Balaban J connectivity index is 2.89. The molecular weight excluding hydrogens is 214 g/mol.